The molecule has 0 aliphatic heterocycles. The van der Waals surface area contributed by atoms with Gasteiger partial charge in [0.25, 0.3) is 0 Å². The Balaban J connectivity index is 2.35. The molecule has 0 spiro atoms. The third-order valence-electron chi connectivity index (χ3n) is 2.13. The first-order valence-electron chi connectivity index (χ1n) is 5.41. The number of aromatic nitrogens is 1. The van der Waals surface area contributed by atoms with E-state index in [-0.39, 0.29) is 12.5 Å². The molecule has 1 heterocycles. The maximum Gasteiger partial charge on any atom is 0.354 e. The predicted molar refractivity (Wildman–Crippen MR) is 62.5 cm³/mol. The SMILES string of the molecule is CCNC(=O)CNCc1ccc(C(=O)OC)[nH]1. The molecule has 17 heavy (non-hydrogen) atoms. The number of ether oxygens (including phenoxy) is 1. The van der Waals surface area contributed by atoms with E-state index in [9.17, 15) is 9.59 Å². The lowest BCUT2D eigenvalue weighted by Crippen LogP contribution is -2.33. The smallest absolute Gasteiger partial charge is 0.354 e. The van der Waals surface area contributed by atoms with Crippen LogP contribution in [0.3, 0.4) is 0 Å². The van der Waals surface area contributed by atoms with Crippen LogP contribution in [0.25, 0.3) is 0 Å². The number of likely N-dealkylation sites (N-methyl/N-ethyl adjacent to an activating group) is 1. The van der Waals surface area contributed by atoms with Crippen LogP contribution in [0.15, 0.2) is 12.1 Å². The van der Waals surface area contributed by atoms with Crippen molar-refractivity contribution in [3.05, 3.63) is 23.5 Å². The quantitative estimate of drug-likeness (QED) is 0.611. The zero-order chi connectivity index (χ0) is 12.7. The number of hydrogen-bond acceptors (Lipinski definition) is 4. The molecule has 6 nitrogen and oxygen atoms in total. The zero-order valence-electron chi connectivity index (χ0n) is 10.0. The minimum atomic E-state index is -0.403. The van der Waals surface area contributed by atoms with Crippen molar-refractivity contribution in [3.63, 3.8) is 0 Å². The minimum Gasteiger partial charge on any atom is -0.464 e. The monoisotopic (exact) mass is 239 g/mol. The van der Waals surface area contributed by atoms with Gasteiger partial charge in [-0.3, -0.25) is 4.79 Å². The highest BCUT2D eigenvalue weighted by Crippen LogP contribution is 2.02. The number of rotatable bonds is 6. The molecule has 0 aliphatic carbocycles. The third-order valence-corrected chi connectivity index (χ3v) is 2.13. The van der Waals surface area contributed by atoms with Crippen molar-refractivity contribution < 1.29 is 14.3 Å². The van der Waals surface area contributed by atoms with Crippen molar-refractivity contribution in [2.24, 2.45) is 0 Å². The molecule has 0 saturated carbocycles. The van der Waals surface area contributed by atoms with Crippen LogP contribution in [0.1, 0.15) is 23.1 Å². The highest BCUT2D eigenvalue weighted by atomic mass is 16.5. The van der Waals surface area contributed by atoms with E-state index >= 15 is 0 Å². The van der Waals surface area contributed by atoms with Gasteiger partial charge in [-0.2, -0.15) is 0 Å². The molecule has 0 radical (unpaired) electrons. The van der Waals surface area contributed by atoms with Crippen molar-refractivity contribution in [3.8, 4) is 0 Å². The standard InChI is InChI=1S/C11H17N3O3/c1-3-13-10(15)7-12-6-8-4-5-9(14-8)11(16)17-2/h4-5,12,14H,3,6-7H2,1-2H3,(H,13,15). The van der Waals surface area contributed by atoms with Gasteiger partial charge in [0.05, 0.1) is 13.7 Å². The van der Waals surface area contributed by atoms with Crippen molar-refractivity contribution >= 4 is 11.9 Å². The second-order valence-electron chi connectivity index (χ2n) is 3.45. The summed E-state index contributed by atoms with van der Waals surface area (Å²) in [5, 5.41) is 5.64. The molecule has 1 rings (SSSR count). The van der Waals surface area contributed by atoms with Gasteiger partial charge in [-0.05, 0) is 19.1 Å². The largest absolute Gasteiger partial charge is 0.464 e. The Bertz CT molecular complexity index is 387. The van der Waals surface area contributed by atoms with Crippen molar-refractivity contribution in [2.75, 3.05) is 20.2 Å². The molecule has 0 atom stereocenters. The summed E-state index contributed by atoms with van der Waals surface area (Å²) in [4.78, 5) is 25.2. The molecular formula is C11H17N3O3. The topological polar surface area (TPSA) is 83.2 Å². The van der Waals surface area contributed by atoms with Gasteiger partial charge in [-0.25, -0.2) is 4.79 Å². The summed E-state index contributed by atoms with van der Waals surface area (Å²) in [5.41, 5.74) is 1.23. The maximum absolute atomic E-state index is 11.2. The molecule has 6 heteroatoms. The van der Waals surface area contributed by atoms with E-state index in [1.54, 1.807) is 12.1 Å². The molecule has 0 aromatic carbocycles. The average molecular weight is 239 g/mol. The number of methoxy groups -OCH3 is 1. The van der Waals surface area contributed by atoms with Crippen LogP contribution < -0.4 is 10.6 Å². The van der Waals surface area contributed by atoms with E-state index in [1.165, 1.54) is 7.11 Å². The number of aromatic amines is 1. The average Bonchev–Trinajstić information content (AvgIpc) is 2.77. The van der Waals surface area contributed by atoms with Crippen LogP contribution in [-0.2, 0) is 16.1 Å². The summed E-state index contributed by atoms with van der Waals surface area (Å²) in [6, 6.07) is 3.42. The van der Waals surface area contributed by atoms with Crippen molar-refractivity contribution in [1.82, 2.24) is 15.6 Å². The molecule has 0 bridgehead atoms. The molecule has 0 unspecified atom stereocenters. The van der Waals surface area contributed by atoms with Gasteiger partial charge in [0.15, 0.2) is 0 Å². The van der Waals surface area contributed by atoms with Crippen molar-refractivity contribution in [2.45, 2.75) is 13.5 Å². The van der Waals surface area contributed by atoms with Gasteiger partial charge >= 0.3 is 5.97 Å². The number of carbonyl (C=O) groups excluding carboxylic acids is 2. The van der Waals surface area contributed by atoms with E-state index in [0.29, 0.717) is 18.8 Å². The molecular weight excluding hydrogens is 222 g/mol. The fraction of sp³-hybridized carbons (Fsp3) is 0.455. The second kappa shape index (κ2) is 6.70. The maximum atomic E-state index is 11.2. The van der Waals surface area contributed by atoms with E-state index in [1.807, 2.05) is 6.92 Å². The molecule has 1 aromatic heterocycles. The van der Waals surface area contributed by atoms with Gasteiger partial charge in [0.2, 0.25) is 5.91 Å². The second-order valence-corrected chi connectivity index (χ2v) is 3.45. The first-order chi connectivity index (χ1) is 8.17. The molecule has 94 valence electrons. The summed E-state index contributed by atoms with van der Waals surface area (Å²) in [6.07, 6.45) is 0. The van der Waals surface area contributed by atoms with Gasteiger partial charge < -0.3 is 20.4 Å². The highest BCUT2D eigenvalue weighted by molar-refractivity contribution is 5.87. The van der Waals surface area contributed by atoms with Gasteiger partial charge in [-0.1, -0.05) is 0 Å². The number of H-pyrrole nitrogens is 1. The Morgan fingerprint density at radius 1 is 1.41 bits per heavy atom. The Kier molecular flexibility index (Phi) is 5.22. The summed E-state index contributed by atoms with van der Waals surface area (Å²) in [5.74, 6) is -0.452. The van der Waals surface area contributed by atoms with E-state index in [2.05, 4.69) is 20.4 Å². The van der Waals surface area contributed by atoms with Crippen LogP contribution >= 0.6 is 0 Å². The van der Waals surface area contributed by atoms with Crippen LogP contribution in [-0.4, -0.2) is 37.1 Å². The minimum absolute atomic E-state index is 0.0488. The number of hydrogen-bond donors (Lipinski definition) is 3. The van der Waals surface area contributed by atoms with E-state index < -0.39 is 5.97 Å². The highest BCUT2D eigenvalue weighted by Gasteiger charge is 2.07. The molecule has 0 fully saturated rings. The van der Waals surface area contributed by atoms with E-state index in [4.69, 9.17) is 0 Å². The Morgan fingerprint density at radius 3 is 2.82 bits per heavy atom. The van der Waals surface area contributed by atoms with Gasteiger partial charge in [-0.15, -0.1) is 0 Å². The third kappa shape index (κ3) is 4.28. The molecule has 1 amide bonds. The Hall–Kier alpha value is -1.82. The van der Waals surface area contributed by atoms with Crippen LogP contribution in [0.4, 0.5) is 0 Å². The van der Waals surface area contributed by atoms with E-state index in [0.717, 1.165) is 5.69 Å². The van der Waals surface area contributed by atoms with Gasteiger partial charge in [0, 0.05) is 18.8 Å². The Morgan fingerprint density at radius 2 is 2.18 bits per heavy atom. The molecule has 3 N–H and O–H groups in total. The lowest BCUT2D eigenvalue weighted by Gasteiger charge is -2.03. The first-order valence-corrected chi connectivity index (χ1v) is 5.41. The van der Waals surface area contributed by atoms with Crippen LogP contribution in [0.2, 0.25) is 0 Å². The van der Waals surface area contributed by atoms with Crippen molar-refractivity contribution in [1.29, 1.82) is 0 Å². The van der Waals surface area contributed by atoms with Crippen LogP contribution in [0.5, 0.6) is 0 Å². The number of carbonyl (C=O) groups is 2. The first kappa shape index (κ1) is 13.2. The lowest BCUT2D eigenvalue weighted by molar-refractivity contribution is -0.120. The summed E-state index contributed by atoms with van der Waals surface area (Å²) >= 11 is 0. The van der Waals surface area contributed by atoms with Crippen LogP contribution in [0, 0.1) is 0 Å². The fourth-order valence-electron chi connectivity index (χ4n) is 1.34. The fourth-order valence-corrected chi connectivity index (χ4v) is 1.34. The number of nitrogens with one attached hydrogen (secondary N) is 3. The summed E-state index contributed by atoms with van der Waals surface area (Å²) < 4.78 is 4.57. The Labute approximate surface area is 99.7 Å². The summed E-state index contributed by atoms with van der Waals surface area (Å²) in [7, 11) is 1.33. The molecule has 0 saturated heterocycles. The van der Waals surface area contributed by atoms with Gasteiger partial charge in [0.1, 0.15) is 5.69 Å². The lowest BCUT2D eigenvalue weighted by atomic mass is 10.4. The number of amides is 1. The zero-order valence-corrected chi connectivity index (χ0v) is 10.0. The number of esters is 1. The summed E-state index contributed by atoms with van der Waals surface area (Å²) in [6.45, 7) is 3.23. The predicted octanol–water partition coefficient (Wildman–Crippen LogP) is 0.0270. The molecule has 1 aromatic rings. The molecule has 0 aliphatic rings. The normalized spacial score (nSPS) is 10.0.